The number of benzene rings is 1. The summed E-state index contributed by atoms with van der Waals surface area (Å²) >= 11 is 0. The molecule has 4 N–H and O–H groups in total. The quantitative estimate of drug-likeness (QED) is 0.573. The molecule has 1 heterocycles. The number of hydrogen-bond acceptors (Lipinski definition) is 4. The van der Waals surface area contributed by atoms with Crippen molar-refractivity contribution in [3.8, 4) is 0 Å². The van der Waals surface area contributed by atoms with Crippen LogP contribution in [-0.2, 0) is 9.59 Å². The molecule has 7 heteroatoms. The molecule has 1 saturated heterocycles. The van der Waals surface area contributed by atoms with Gasteiger partial charge in [0, 0.05) is 24.8 Å². The molecular weight excluding hydrogens is 260 g/mol. The number of nitrogens with one attached hydrogen (secondary N) is 4. The third-order valence-corrected chi connectivity index (χ3v) is 2.97. The zero-order valence-corrected chi connectivity index (χ0v) is 11.0. The van der Waals surface area contributed by atoms with E-state index in [4.69, 9.17) is 0 Å². The van der Waals surface area contributed by atoms with Crippen LogP contribution in [0.5, 0.6) is 0 Å². The minimum Gasteiger partial charge on any atom is -0.355 e. The molecular formula is C13H16N4O3. The van der Waals surface area contributed by atoms with E-state index in [1.165, 1.54) is 0 Å². The largest absolute Gasteiger partial charge is 0.355 e. The summed E-state index contributed by atoms with van der Waals surface area (Å²) < 4.78 is 0. The van der Waals surface area contributed by atoms with Gasteiger partial charge in [0.15, 0.2) is 0 Å². The van der Waals surface area contributed by atoms with Gasteiger partial charge in [0.05, 0.1) is 6.54 Å². The molecule has 0 saturated carbocycles. The molecule has 0 bridgehead atoms. The van der Waals surface area contributed by atoms with Gasteiger partial charge in [-0.2, -0.15) is 0 Å². The normalized spacial score (nSPS) is 18.1. The Balaban J connectivity index is 1.94. The number of amides is 3. The second-order valence-corrected chi connectivity index (χ2v) is 4.38. The van der Waals surface area contributed by atoms with Crippen molar-refractivity contribution in [2.45, 2.75) is 6.04 Å². The van der Waals surface area contributed by atoms with Crippen LogP contribution in [0.1, 0.15) is 10.4 Å². The molecule has 2 rings (SSSR count). The van der Waals surface area contributed by atoms with E-state index in [0.29, 0.717) is 11.3 Å². The van der Waals surface area contributed by atoms with Crippen LogP contribution in [0.4, 0.5) is 5.69 Å². The van der Waals surface area contributed by atoms with E-state index in [9.17, 15) is 14.4 Å². The van der Waals surface area contributed by atoms with Crippen molar-refractivity contribution in [2.75, 3.05) is 25.5 Å². The van der Waals surface area contributed by atoms with E-state index in [1.54, 1.807) is 31.3 Å². The van der Waals surface area contributed by atoms with Crippen molar-refractivity contribution in [3.05, 3.63) is 29.8 Å². The standard InChI is InChI=1S/C13H16N4O3/c1-14-12(19)8-2-4-9(5-3-8)17-13(20)10-6-16-11(18)7-15-10/h2-5,10,15H,6-7H2,1H3,(H,14,19)(H,16,18)(H,17,20). The molecule has 0 radical (unpaired) electrons. The second-order valence-electron chi connectivity index (χ2n) is 4.38. The highest BCUT2D eigenvalue weighted by atomic mass is 16.2. The Morgan fingerprint density at radius 3 is 2.50 bits per heavy atom. The average Bonchev–Trinajstić information content (AvgIpc) is 2.48. The van der Waals surface area contributed by atoms with Crippen molar-refractivity contribution < 1.29 is 14.4 Å². The summed E-state index contributed by atoms with van der Waals surface area (Å²) in [5.41, 5.74) is 1.12. The van der Waals surface area contributed by atoms with E-state index in [2.05, 4.69) is 21.3 Å². The Hall–Kier alpha value is -2.41. The highest BCUT2D eigenvalue weighted by Crippen LogP contribution is 2.10. The number of piperazine rings is 1. The molecule has 1 atom stereocenters. The van der Waals surface area contributed by atoms with Crippen molar-refractivity contribution in [1.29, 1.82) is 0 Å². The lowest BCUT2D eigenvalue weighted by Crippen LogP contribution is -2.56. The molecule has 1 aliphatic rings. The summed E-state index contributed by atoms with van der Waals surface area (Å²) in [6.07, 6.45) is 0. The van der Waals surface area contributed by atoms with Crippen LogP contribution in [0, 0.1) is 0 Å². The molecule has 106 valence electrons. The van der Waals surface area contributed by atoms with E-state index >= 15 is 0 Å². The van der Waals surface area contributed by atoms with Gasteiger partial charge in [-0.1, -0.05) is 0 Å². The van der Waals surface area contributed by atoms with Crippen molar-refractivity contribution in [3.63, 3.8) is 0 Å². The van der Waals surface area contributed by atoms with Crippen LogP contribution in [0.25, 0.3) is 0 Å². The van der Waals surface area contributed by atoms with Crippen LogP contribution < -0.4 is 21.3 Å². The average molecular weight is 276 g/mol. The van der Waals surface area contributed by atoms with Gasteiger partial charge in [-0.3, -0.25) is 19.7 Å². The molecule has 0 aromatic heterocycles. The lowest BCUT2D eigenvalue weighted by molar-refractivity contribution is -0.124. The Morgan fingerprint density at radius 1 is 1.25 bits per heavy atom. The maximum Gasteiger partial charge on any atom is 0.251 e. The number of carbonyl (C=O) groups is 3. The lowest BCUT2D eigenvalue weighted by atomic mass is 10.1. The Bertz CT molecular complexity index is 517. The minimum atomic E-state index is -0.452. The third-order valence-electron chi connectivity index (χ3n) is 2.97. The first-order valence-corrected chi connectivity index (χ1v) is 6.23. The summed E-state index contributed by atoms with van der Waals surface area (Å²) in [7, 11) is 1.56. The Labute approximate surface area is 116 Å². The summed E-state index contributed by atoms with van der Waals surface area (Å²) in [5.74, 6) is -0.527. The monoisotopic (exact) mass is 276 g/mol. The zero-order chi connectivity index (χ0) is 14.5. The predicted octanol–water partition coefficient (Wildman–Crippen LogP) is -0.927. The molecule has 0 aliphatic carbocycles. The Morgan fingerprint density at radius 2 is 1.95 bits per heavy atom. The summed E-state index contributed by atoms with van der Waals surface area (Å²) in [5, 5.41) is 10.7. The fourth-order valence-electron chi connectivity index (χ4n) is 1.83. The van der Waals surface area contributed by atoms with Gasteiger partial charge < -0.3 is 16.0 Å². The summed E-state index contributed by atoms with van der Waals surface area (Å²) in [6.45, 7) is 0.398. The maximum absolute atomic E-state index is 11.9. The van der Waals surface area contributed by atoms with Gasteiger partial charge in [0.1, 0.15) is 6.04 Å². The second kappa shape index (κ2) is 6.16. The van der Waals surface area contributed by atoms with E-state index < -0.39 is 6.04 Å². The summed E-state index contributed by atoms with van der Waals surface area (Å²) in [4.78, 5) is 34.3. The number of anilines is 1. The first-order chi connectivity index (χ1) is 9.60. The topological polar surface area (TPSA) is 99.3 Å². The fourth-order valence-corrected chi connectivity index (χ4v) is 1.83. The molecule has 1 aliphatic heterocycles. The smallest absolute Gasteiger partial charge is 0.251 e. The highest BCUT2D eigenvalue weighted by Gasteiger charge is 2.23. The zero-order valence-electron chi connectivity index (χ0n) is 11.0. The minimum absolute atomic E-state index is 0.121. The van der Waals surface area contributed by atoms with Crippen molar-refractivity contribution >= 4 is 23.4 Å². The molecule has 20 heavy (non-hydrogen) atoms. The van der Waals surface area contributed by atoms with Crippen LogP contribution in [0.15, 0.2) is 24.3 Å². The third kappa shape index (κ3) is 3.33. The van der Waals surface area contributed by atoms with Crippen molar-refractivity contribution in [1.82, 2.24) is 16.0 Å². The van der Waals surface area contributed by atoms with E-state index in [0.717, 1.165) is 0 Å². The van der Waals surface area contributed by atoms with E-state index in [-0.39, 0.29) is 30.8 Å². The molecule has 1 aromatic rings. The number of rotatable bonds is 3. The van der Waals surface area contributed by atoms with Crippen molar-refractivity contribution in [2.24, 2.45) is 0 Å². The maximum atomic E-state index is 11.9. The SMILES string of the molecule is CNC(=O)c1ccc(NC(=O)C2CNC(=O)CN2)cc1. The number of carbonyl (C=O) groups excluding carboxylic acids is 3. The fraction of sp³-hybridized carbons (Fsp3) is 0.308. The van der Waals surface area contributed by atoms with E-state index in [1.807, 2.05) is 0 Å². The van der Waals surface area contributed by atoms with Gasteiger partial charge in [0.2, 0.25) is 11.8 Å². The first kappa shape index (κ1) is 14.0. The van der Waals surface area contributed by atoms with Gasteiger partial charge in [-0.15, -0.1) is 0 Å². The molecule has 7 nitrogen and oxygen atoms in total. The molecule has 1 aromatic carbocycles. The van der Waals surface area contributed by atoms with Crippen LogP contribution in [-0.4, -0.2) is 43.9 Å². The van der Waals surface area contributed by atoms with Gasteiger partial charge in [0.25, 0.3) is 5.91 Å². The van der Waals surface area contributed by atoms with Crippen LogP contribution in [0.2, 0.25) is 0 Å². The van der Waals surface area contributed by atoms with Gasteiger partial charge >= 0.3 is 0 Å². The molecule has 1 unspecified atom stereocenters. The molecule has 3 amide bonds. The van der Waals surface area contributed by atoms with Crippen LogP contribution >= 0.6 is 0 Å². The number of hydrogen-bond donors (Lipinski definition) is 4. The predicted molar refractivity (Wildman–Crippen MR) is 73.3 cm³/mol. The molecule has 0 spiro atoms. The van der Waals surface area contributed by atoms with Crippen LogP contribution in [0.3, 0.4) is 0 Å². The lowest BCUT2D eigenvalue weighted by Gasteiger charge is -2.23. The first-order valence-electron chi connectivity index (χ1n) is 6.23. The highest BCUT2D eigenvalue weighted by molar-refractivity contribution is 5.98. The van der Waals surface area contributed by atoms with Gasteiger partial charge in [-0.25, -0.2) is 0 Å². The molecule has 1 fully saturated rings. The van der Waals surface area contributed by atoms with Gasteiger partial charge in [-0.05, 0) is 24.3 Å². The summed E-state index contributed by atoms with van der Waals surface area (Å²) in [6, 6.07) is 6.12. The Kier molecular flexibility index (Phi) is 4.31.